The van der Waals surface area contributed by atoms with Gasteiger partial charge in [0, 0.05) is 38.0 Å². The van der Waals surface area contributed by atoms with Crippen LogP contribution in [0.4, 0.5) is 0 Å². The van der Waals surface area contributed by atoms with E-state index < -0.39 is 0 Å². The van der Waals surface area contributed by atoms with E-state index in [0.29, 0.717) is 25.2 Å². The van der Waals surface area contributed by atoms with Gasteiger partial charge in [0.2, 0.25) is 0 Å². The molecule has 27 heavy (non-hydrogen) atoms. The van der Waals surface area contributed by atoms with Gasteiger partial charge in [0.25, 0.3) is 5.91 Å². The summed E-state index contributed by atoms with van der Waals surface area (Å²) in [5.41, 5.74) is 8.38. The van der Waals surface area contributed by atoms with Crippen molar-refractivity contribution in [1.82, 2.24) is 15.2 Å². The lowest BCUT2D eigenvalue weighted by Gasteiger charge is -2.27. The second-order valence-electron chi connectivity index (χ2n) is 6.01. The topological polar surface area (TPSA) is 80.5 Å². The van der Waals surface area contributed by atoms with Gasteiger partial charge in [0.15, 0.2) is 0 Å². The Bertz CT molecular complexity index is 708. The smallest absolute Gasteiger partial charge is 0.271 e. The number of carbonyl (C=O) groups is 1. The Morgan fingerprint density at radius 3 is 2.63 bits per heavy atom. The van der Waals surface area contributed by atoms with Crippen LogP contribution in [0.1, 0.15) is 26.6 Å². The Morgan fingerprint density at radius 1 is 1.22 bits per heavy atom. The quantitative estimate of drug-likeness (QED) is 0.700. The third-order valence-corrected chi connectivity index (χ3v) is 5.11. The SMILES string of the molecule is Cl.Cl.NCCc1nc(C(=O)NCc2ccccc2CN2CCOCC2)cs1. The number of benzene rings is 1. The predicted molar refractivity (Wildman–Crippen MR) is 113 cm³/mol. The van der Waals surface area contributed by atoms with Crippen molar-refractivity contribution in [3.05, 3.63) is 51.5 Å². The van der Waals surface area contributed by atoms with Gasteiger partial charge in [0.05, 0.1) is 18.2 Å². The fourth-order valence-electron chi connectivity index (χ4n) is 2.80. The minimum Gasteiger partial charge on any atom is -0.379 e. The summed E-state index contributed by atoms with van der Waals surface area (Å²) in [6, 6.07) is 8.24. The molecule has 1 aromatic carbocycles. The highest BCUT2D eigenvalue weighted by atomic mass is 35.5. The highest BCUT2D eigenvalue weighted by molar-refractivity contribution is 7.09. The second-order valence-corrected chi connectivity index (χ2v) is 6.95. The maximum absolute atomic E-state index is 12.3. The number of rotatable bonds is 7. The molecular formula is C18H26Cl2N4O2S. The van der Waals surface area contributed by atoms with Crippen molar-refractivity contribution >= 4 is 42.1 Å². The lowest BCUT2D eigenvalue weighted by molar-refractivity contribution is 0.0340. The second kappa shape index (κ2) is 12.3. The number of nitrogens with zero attached hydrogens (tertiary/aromatic N) is 2. The van der Waals surface area contributed by atoms with Gasteiger partial charge in [-0.25, -0.2) is 4.98 Å². The van der Waals surface area contributed by atoms with Gasteiger partial charge in [-0.3, -0.25) is 9.69 Å². The van der Waals surface area contributed by atoms with Gasteiger partial charge in [0.1, 0.15) is 5.69 Å². The van der Waals surface area contributed by atoms with Gasteiger partial charge in [-0.15, -0.1) is 36.2 Å². The van der Waals surface area contributed by atoms with Crippen LogP contribution in [-0.4, -0.2) is 48.6 Å². The van der Waals surface area contributed by atoms with Crippen molar-refractivity contribution in [2.45, 2.75) is 19.5 Å². The lowest BCUT2D eigenvalue weighted by atomic mass is 10.1. The monoisotopic (exact) mass is 432 g/mol. The lowest BCUT2D eigenvalue weighted by Crippen LogP contribution is -2.36. The first-order valence-electron chi connectivity index (χ1n) is 8.56. The third-order valence-electron chi connectivity index (χ3n) is 4.20. The molecule has 2 heterocycles. The van der Waals surface area contributed by atoms with E-state index in [9.17, 15) is 4.79 Å². The molecule has 1 fully saturated rings. The number of ether oxygens (including phenoxy) is 1. The van der Waals surface area contributed by atoms with E-state index >= 15 is 0 Å². The number of thiazole rings is 1. The normalized spacial score (nSPS) is 14.1. The van der Waals surface area contributed by atoms with Crippen LogP contribution in [0.25, 0.3) is 0 Å². The van der Waals surface area contributed by atoms with Crippen LogP contribution in [-0.2, 0) is 24.2 Å². The number of halogens is 2. The molecule has 0 saturated carbocycles. The number of nitrogens with two attached hydrogens (primary N) is 1. The minimum atomic E-state index is -0.138. The van der Waals surface area contributed by atoms with E-state index in [-0.39, 0.29) is 30.7 Å². The molecule has 1 aliphatic rings. The van der Waals surface area contributed by atoms with E-state index in [1.165, 1.54) is 16.9 Å². The van der Waals surface area contributed by atoms with E-state index in [2.05, 4.69) is 27.3 Å². The molecule has 1 amide bonds. The molecule has 0 radical (unpaired) electrons. The molecule has 1 saturated heterocycles. The fraction of sp³-hybridized carbons (Fsp3) is 0.444. The van der Waals surface area contributed by atoms with E-state index in [4.69, 9.17) is 10.5 Å². The van der Waals surface area contributed by atoms with Gasteiger partial charge >= 0.3 is 0 Å². The molecule has 0 atom stereocenters. The largest absolute Gasteiger partial charge is 0.379 e. The summed E-state index contributed by atoms with van der Waals surface area (Å²) in [6.07, 6.45) is 0.709. The molecule has 9 heteroatoms. The van der Waals surface area contributed by atoms with Gasteiger partial charge < -0.3 is 15.8 Å². The summed E-state index contributed by atoms with van der Waals surface area (Å²) in [5.74, 6) is -0.138. The molecule has 2 aromatic rings. The van der Waals surface area contributed by atoms with E-state index in [0.717, 1.165) is 43.4 Å². The maximum atomic E-state index is 12.3. The number of hydrogen-bond donors (Lipinski definition) is 2. The number of aromatic nitrogens is 1. The number of hydrogen-bond acceptors (Lipinski definition) is 6. The van der Waals surface area contributed by atoms with E-state index in [1.54, 1.807) is 5.38 Å². The average molecular weight is 433 g/mol. The Morgan fingerprint density at radius 2 is 1.93 bits per heavy atom. The molecule has 0 unspecified atom stereocenters. The summed E-state index contributed by atoms with van der Waals surface area (Å²) >= 11 is 1.48. The fourth-order valence-corrected chi connectivity index (χ4v) is 3.60. The van der Waals surface area contributed by atoms with Gasteiger partial charge in [-0.05, 0) is 17.7 Å². The van der Waals surface area contributed by atoms with E-state index in [1.807, 2.05) is 12.1 Å². The maximum Gasteiger partial charge on any atom is 0.271 e. The summed E-state index contributed by atoms with van der Waals surface area (Å²) < 4.78 is 5.40. The number of carbonyl (C=O) groups excluding carboxylic acids is 1. The van der Waals surface area contributed by atoms with Crippen molar-refractivity contribution in [2.24, 2.45) is 5.73 Å². The zero-order valence-corrected chi connectivity index (χ0v) is 17.5. The molecule has 3 rings (SSSR count). The number of nitrogens with one attached hydrogen (secondary N) is 1. The molecule has 0 spiro atoms. The zero-order valence-electron chi connectivity index (χ0n) is 15.1. The van der Waals surface area contributed by atoms with Crippen LogP contribution in [0.3, 0.4) is 0 Å². The molecule has 6 nitrogen and oxygen atoms in total. The van der Waals surface area contributed by atoms with Crippen molar-refractivity contribution < 1.29 is 9.53 Å². The standard InChI is InChI=1S/C18H24N4O2S.2ClH/c19-6-5-17-21-16(13-25-17)18(23)20-11-14-3-1-2-4-15(14)12-22-7-9-24-10-8-22;;/h1-4,13H,5-12,19H2,(H,20,23);2*1H. The summed E-state index contributed by atoms with van der Waals surface area (Å²) in [6.45, 7) is 5.40. The Balaban J connectivity index is 0.00000182. The first-order chi connectivity index (χ1) is 12.3. The first-order valence-corrected chi connectivity index (χ1v) is 9.44. The van der Waals surface area contributed by atoms with Crippen molar-refractivity contribution in [3.63, 3.8) is 0 Å². The van der Waals surface area contributed by atoms with Crippen LogP contribution in [0.15, 0.2) is 29.6 Å². The molecular weight excluding hydrogens is 407 g/mol. The van der Waals surface area contributed by atoms with Gasteiger partial charge in [-0.2, -0.15) is 0 Å². The molecule has 0 aliphatic carbocycles. The zero-order chi connectivity index (χ0) is 17.5. The third kappa shape index (κ3) is 7.03. The van der Waals surface area contributed by atoms with Crippen LogP contribution in [0.2, 0.25) is 0 Å². The van der Waals surface area contributed by atoms with Crippen LogP contribution in [0.5, 0.6) is 0 Å². The van der Waals surface area contributed by atoms with Crippen LogP contribution < -0.4 is 11.1 Å². The molecule has 150 valence electrons. The summed E-state index contributed by atoms with van der Waals surface area (Å²) in [4.78, 5) is 19.0. The molecule has 1 aliphatic heterocycles. The van der Waals surface area contributed by atoms with Crippen LogP contribution >= 0.6 is 36.2 Å². The highest BCUT2D eigenvalue weighted by Crippen LogP contribution is 2.14. The minimum absolute atomic E-state index is 0. The number of morpholine rings is 1. The van der Waals surface area contributed by atoms with Crippen LogP contribution in [0, 0.1) is 0 Å². The Hall–Kier alpha value is -1.22. The number of amides is 1. The Labute approximate surface area is 176 Å². The van der Waals surface area contributed by atoms with Crippen molar-refractivity contribution in [1.29, 1.82) is 0 Å². The van der Waals surface area contributed by atoms with Crippen molar-refractivity contribution in [3.8, 4) is 0 Å². The average Bonchev–Trinajstić information content (AvgIpc) is 3.11. The highest BCUT2D eigenvalue weighted by Gasteiger charge is 2.14. The first kappa shape index (κ1) is 23.8. The summed E-state index contributed by atoms with van der Waals surface area (Å²) in [7, 11) is 0. The van der Waals surface area contributed by atoms with Crippen molar-refractivity contribution in [2.75, 3.05) is 32.8 Å². The molecule has 3 N–H and O–H groups in total. The molecule has 0 bridgehead atoms. The Kier molecular flexibility index (Phi) is 10.8. The molecule has 1 aromatic heterocycles. The summed E-state index contributed by atoms with van der Waals surface area (Å²) in [5, 5.41) is 5.67. The van der Waals surface area contributed by atoms with Gasteiger partial charge in [-0.1, -0.05) is 24.3 Å². The predicted octanol–water partition coefficient (Wildman–Crippen LogP) is 2.25.